The van der Waals surface area contributed by atoms with Crippen molar-refractivity contribution in [1.82, 2.24) is 9.61 Å². The number of hydrogen-bond donors (Lipinski definition) is 1. The standard InChI is InChI=1S/C18H19N3O5S/c1-4-26-18(22)15-11-19-21-8-7-13(10-16(15)21)20-27(23,24)14-5-6-17(25-3)12(2)9-14/h5-11,20H,4H2,1-3H3. The highest BCUT2D eigenvalue weighted by Gasteiger charge is 2.18. The number of carbonyl (C=O) groups excluding carboxylic acids is 1. The van der Waals surface area contributed by atoms with E-state index in [-0.39, 0.29) is 17.1 Å². The van der Waals surface area contributed by atoms with Gasteiger partial charge in [0, 0.05) is 6.20 Å². The third-order valence-electron chi connectivity index (χ3n) is 3.95. The first-order chi connectivity index (χ1) is 12.9. The highest BCUT2D eigenvalue weighted by Crippen LogP contribution is 2.24. The van der Waals surface area contributed by atoms with Crippen molar-refractivity contribution < 1.29 is 22.7 Å². The van der Waals surface area contributed by atoms with Gasteiger partial charge in [0.25, 0.3) is 10.0 Å². The Labute approximate surface area is 156 Å². The molecule has 0 aliphatic heterocycles. The van der Waals surface area contributed by atoms with Crippen LogP contribution in [-0.2, 0) is 14.8 Å². The Hall–Kier alpha value is -3.07. The summed E-state index contributed by atoms with van der Waals surface area (Å²) in [5, 5.41) is 4.07. The summed E-state index contributed by atoms with van der Waals surface area (Å²) in [5.41, 5.74) is 1.72. The maximum atomic E-state index is 12.7. The van der Waals surface area contributed by atoms with Crippen molar-refractivity contribution in [3.8, 4) is 5.75 Å². The summed E-state index contributed by atoms with van der Waals surface area (Å²) in [6.45, 7) is 3.71. The lowest BCUT2D eigenvalue weighted by molar-refractivity contribution is 0.0528. The monoisotopic (exact) mass is 389 g/mol. The smallest absolute Gasteiger partial charge is 0.341 e. The minimum Gasteiger partial charge on any atom is -0.496 e. The molecule has 0 fully saturated rings. The number of aromatic nitrogens is 2. The lowest BCUT2D eigenvalue weighted by atomic mass is 10.2. The van der Waals surface area contributed by atoms with Gasteiger partial charge < -0.3 is 9.47 Å². The maximum Gasteiger partial charge on any atom is 0.341 e. The van der Waals surface area contributed by atoms with E-state index >= 15 is 0 Å². The quantitative estimate of drug-likeness (QED) is 0.651. The van der Waals surface area contributed by atoms with Crippen molar-refractivity contribution in [2.45, 2.75) is 18.7 Å². The summed E-state index contributed by atoms with van der Waals surface area (Å²) in [7, 11) is -2.28. The minimum atomic E-state index is -3.81. The number of nitrogens with zero attached hydrogens (tertiary/aromatic N) is 2. The van der Waals surface area contributed by atoms with Crippen LogP contribution < -0.4 is 9.46 Å². The average Bonchev–Trinajstić information content (AvgIpc) is 3.04. The van der Waals surface area contributed by atoms with E-state index in [2.05, 4.69) is 9.82 Å². The number of nitrogens with one attached hydrogen (secondary N) is 1. The third-order valence-corrected chi connectivity index (χ3v) is 5.32. The van der Waals surface area contributed by atoms with Gasteiger partial charge in [-0.15, -0.1) is 0 Å². The summed E-state index contributed by atoms with van der Waals surface area (Å²) >= 11 is 0. The van der Waals surface area contributed by atoms with Crippen LogP contribution in [0.5, 0.6) is 5.75 Å². The fourth-order valence-corrected chi connectivity index (χ4v) is 3.78. The molecule has 0 unspecified atom stereocenters. The number of pyridine rings is 1. The van der Waals surface area contributed by atoms with E-state index in [4.69, 9.17) is 9.47 Å². The highest BCUT2D eigenvalue weighted by molar-refractivity contribution is 7.92. The number of aryl methyl sites for hydroxylation is 1. The molecule has 0 amide bonds. The van der Waals surface area contributed by atoms with Gasteiger partial charge in [-0.3, -0.25) is 4.72 Å². The first kappa shape index (κ1) is 18.7. The fourth-order valence-electron chi connectivity index (χ4n) is 2.64. The number of rotatable bonds is 6. The number of sulfonamides is 1. The molecule has 27 heavy (non-hydrogen) atoms. The number of hydrogen-bond acceptors (Lipinski definition) is 6. The summed E-state index contributed by atoms with van der Waals surface area (Å²) in [6.07, 6.45) is 2.95. The molecule has 1 N–H and O–H groups in total. The Morgan fingerprint density at radius 2 is 2.04 bits per heavy atom. The van der Waals surface area contributed by atoms with E-state index in [9.17, 15) is 13.2 Å². The zero-order valence-corrected chi connectivity index (χ0v) is 15.9. The summed E-state index contributed by atoms with van der Waals surface area (Å²) in [5.74, 6) is 0.0898. The first-order valence-corrected chi connectivity index (χ1v) is 9.66. The largest absolute Gasteiger partial charge is 0.496 e. The molecule has 3 rings (SSSR count). The van der Waals surface area contributed by atoms with Gasteiger partial charge in [-0.05, 0) is 49.7 Å². The number of carbonyl (C=O) groups is 1. The van der Waals surface area contributed by atoms with Crippen LogP contribution in [0.25, 0.3) is 5.52 Å². The van der Waals surface area contributed by atoms with Gasteiger partial charge in [0.2, 0.25) is 0 Å². The van der Waals surface area contributed by atoms with Crippen molar-refractivity contribution in [2.75, 3.05) is 18.4 Å². The van der Waals surface area contributed by atoms with Crippen molar-refractivity contribution >= 4 is 27.2 Å². The number of anilines is 1. The molecule has 0 spiro atoms. The Balaban J connectivity index is 1.94. The molecule has 3 aromatic rings. The molecule has 0 saturated heterocycles. The lowest BCUT2D eigenvalue weighted by Gasteiger charge is -2.11. The summed E-state index contributed by atoms with van der Waals surface area (Å²) in [6, 6.07) is 7.69. The van der Waals surface area contributed by atoms with E-state index in [0.717, 1.165) is 0 Å². The van der Waals surface area contributed by atoms with Crippen LogP contribution in [-0.4, -0.2) is 37.7 Å². The molecule has 0 aliphatic rings. The van der Waals surface area contributed by atoms with Gasteiger partial charge in [-0.2, -0.15) is 5.10 Å². The van der Waals surface area contributed by atoms with Crippen molar-refractivity contribution in [1.29, 1.82) is 0 Å². The third kappa shape index (κ3) is 3.72. The molecular weight excluding hydrogens is 370 g/mol. The minimum absolute atomic E-state index is 0.111. The van der Waals surface area contributed by atoms with Crippen LogP contribution in [0.15, 0.2) is 47.6 Å². The normalized spacial score (nSPS) is 11.4. The molecule has 2 aromatic heterocycles. The van der Waals surface area contributed by atoms with Gasteiger partial charge in [-0.25, -0.2) is 17.7 Å². The number of fused-ring (bicyclic) bond motifs is 1. The van der Waals surface area contributed by atoms with Crippen LogP contribution in [0.2, 0.25) is 0 Å². The second-order valence-electron chi connectivity index (χ2n) is 5.76. The van der Waals surface area contributed by atoms with Crippen molar-refractivity contribution in [2.24, 2.45) is 0 Å². The van der Waals surface area contributed by atoms with Crippen LogP contribution >= 0.6 is 0 Å². The fraction of sp³-hybridized carbons (Fsp3) is 0.222. The van der Waals surface area contributed by atoms with Crippen LogP contribution in [0.3, 0.4) is 0 Å². The Kier molecular flexibility index (Phi) is 5.04. The van der Waals surface area contributed by atoms with Gasteiger partial charge in [0.05, 0.1) is 36.0 Å². The number of ether oxygens (including phenoxy) is 2. The topological polar surface area (TPSA) is 99.0 Å². The molecule has 2 heterocycles. The van der Waals surface area contributed by atoms with E-state index in [1.807, 2.05) is 0 Å². The molecule has 0 aliphatic carbocycles. The lowest BCUT2D eigenvalue weighted by Crippen LogP contribution is -2.13. The van der Waals surface area contributed by atoms with Gasteiger partial charge >= 0.3 is 5.97 Å². The number of methoxy groups -OCH3 is 1. The number of esters is 1. The molecule has 1 aromatic carbocycles. The molecule has 8 nitrogen and oxygen atoms in total. The second kappa shape index (κ2) is 7.28. The molecule has 0 saturated carbocycles. The SMILES string of the molecule is CCOC(=O)c1cnn2ccc(NS(=O)(=O)c3ccc(OC)c(C)c3)cc12. The molecule has 0 atom stereocenters. The Morgan fingerprint density at radius 1 is 1.26 bits per heavy atom. The Morgan fingerprint density at radius 3 is 2.70 bits per heavy atom. The van der Waals surface area contributed by atoms with E-state index < -0.39 is 16.0 Å². The van der Waals surface area contributed by atoms with E-state index in [1.165, 1.54) is 36.0 Å². The zero-order chi connectivity index (χ0) is 19.6. The summed E-state index contributed by atoms with van der Waals surface area (Å²) < 4.78 is 39.5. The molecular formula is C18H19N3O5S. The molecule has 0 radical (unpaired) electrons. The predicted molar refractivity (Wildman–Crippen MR) is 99.7 cm³/mol. The predicted octanol–water partition coefficient (Wildman–Crippen LogP) is 2.63. The Bertz CT molecular complexity index is 1110. The number of benzene rings is 1. The van der Waals surface area contributed by atoms with Crippen LogP contribution in [0.4, 0.5) is 5.69 Å². The van der Waals surface area contributed by atoms with Gasteiger partial charge in [-0.1, -0.05) is 0 Å². The van der Waals surface area contributed by atoms with E-state index in [0.29, 0.717) is 22.5 Å². The zero-order valence-electron chi connectivity index (χ0n) is 15.1. The summed E-state index contributed by atoms with van der Waals surface area (Å²) in [4.78, 5) is 12.1. The average molecular weight is 389 g/mol. The van der Waals surface area contributed by atoms with Gasteiger partial charge in [0.1, 0.15) is 11.3 Å². The highest BCUT2D eigenvalue weighted by atomic mass is 32.2. The van der Waals surface area contributed by atoms with Crippen molar-refractivity contribution in [3.63, 3.8) is 0 Å². The van der Waals surface area contributed by atoms with Crippen LogP contribution in [0, 0.1) is 6.92 Å². The molecule has 142 valence electrons. The van der Waals surface area contributed by atoms with E-state index in [1.54, 1.807) is 32.2 Å². The van der Waals surface area contributed by atoms with Crippen LogP contribution in [0.1, 0.15) is 22.8 Å². The maximum absolute atomic E-state index is 12.7. The molecule has 0 bridgehead atoms. The molecule has 9 heteroatoms. The van der Waals surface area contributed by atoms with Gasteiger partial charge in [0.15, 0.2) is 0 Å². The van der Waals surface area contributed by atoms with Crippen molar-refractivity contribution in [3.05, 3.63) is 53.9 Å². The second-order valence-corrected chi connectivity index (χ2v) is 7.44. The first-order valence-electron chi connectivity index (χ1n) is 8.17.